The summed E-state index contributed by atoms with van der Waals surface area (Å²) < 4.78 is 28.0. The van der Waals surface area contributed by atoms with Crippen molar-refractivity contribution in [3.8, 4) is 11.1 Å². The number of rotatable bonds is 3. The summed E-state index contributed by atoms with van der Waals surface area (Å²) >= 11 is 0. The van der Waals surface area contributed by atoms with E-state index in [1.54, 1.807) is 89.9 Å². The first kappa shape index (κ1) is 34.5. The number of ether oxygens (including phenoxy) is 2. The van der Waals surface area contributed by atoms with Crippen molar-refractivity contribution >= 4 is 52.0 Å². The van der Waals surface area contributed by atoms with Gasteiger partial charge >= 0.3 is 12.2 Å². The van der Waals surface area contributed by atoms with Crippen LogP contribution in [0.1, 0.15) is 75.6 Å². The third kappa shape index (κ3) is 6.61. The minimum absolute atomic E-state index is 0.00844. The van der Waals surface area contributed by atoms with E-state index in [0.717, 1.165) is 4.90 Å². The Labute approximate surface area is 289 Å². The number of pyridine rings is 2. The highest BCUT2D eigenvalue weighted by atomic mass is 19.1. The summed E-state index contributed by atoms with van der Waals surface area (Å²) in [4.78, 5) is 64.9. The third-order valence-electron chi connectivity index (χ3n) is 8.44. The number of hydrogen-bond acceptors (Lipinski definition) is 8. The number of hydrogen-bond donors (Lipinski definition) is 1. The van der Waals surface area contributed by atoms with Crippen molar-refractivity contribution in [1.82, 2.24) is 9.97 Å². The molecular weight excluding hydrogens is 641 g/mol. The van der Waals surface area contributed by atoms with E-state index in [1.165, 1.54) is 12.3 Å². The van der Waals surface area contributed by atoms with Crippen LogP contribution in [0.4, 0.5) is 31.2 Å². The molecule has 4 aromatic rings. The SMILES string of the molecule is Cc1c(-c2cc3cc(N4C(=O)Cc5ccccc5C4=O)ncc3c(NC(=O)OC(C)(C)C)c2F)cnc2c1N(C(=O)OC(C)(C)C)CC(C)C2. The van der Waals surface area contributed by atoms with E-state index in [0.29, 0.717) is 52.0 Å². The zero-order valence-corrected chi connectivity index (χ0v) is 29.4. The van der Waals surface area contributed by atoms with Crippen molar-refractivity contribution in [3.05, 3.63) is 77.0 Å². The maximum absolute atomic E-state index is 16.8. The number of imide groups is 1. The monoisotopic (exact) mass is 681 g/mol. The van der Waals surface area contributed by atoms with Crippen LogP contribution in [0.15, 0.2) is 48.8 Å². The van der Waals surface area contributed by atoms with Crippen LogP contribution in [0.2, 0.25) is 0 Å². The van der Waals surface area contributed by atoms with Crippen molar-refractivity contribution in [2.75, 3.05) is 21.7 Å². The summed E-state index contributed by atoms with van der Waals surface area (Å²) in [6, 6.07) is 9.95. The Kier molecular flexibility index (Phi) is 8.61. The lowest BCUT2D eigenvalue weighted by Gasteiger charge is -2.35. The molecule has 0 bridgehead atoms. The normalized spacial score (nSPS) is 16.2. The number of aromatic nitrogens is 2. The van der Waals surface area contributed by atoms with Crippen molar-refractivity contribution < 1.29 is 33.0 Å². The van der Waals surface area contributed by atoms with Crippen LogP contribution >= 0.6 is 0 Å². The molecule has 2 aromatic carbocycles. The Morgan fingerprint density at radius 1 is 0.940 bits per heavy atom. The van der Waals surface area contributed by atoms with E-state index in [9.17, 15) is 19.2 Å². The number of anilines is 3. The van der Waals surface area contributed by atoms with Gasteiger partial charge in [-0.2, -0.15) is 0 Å². The summed E-state index contributed by atoms with van der Waals surface area (Å²) in [6.07, 6.45) is 2.06. The number of fused-ring (bicyclic) bond motifs is 3. The minimum atomic E-state index is -0.887. The van der Waals surface area contributed by atoms with E-state index in [1.807, 2.05) is 6.92 Å². The van der Waals surface area contributed by atoms with Crippen LogP contribution in [0, 0.1) is 18.7 Å². The molecule has 4 heterocycles. The predicted octanol–water partition coefficient (Wildman–Crippen LogP) is 7.75. The molecule has 0 spiro atoms. The molecule has 2 aromatic heterocycles. The van der Waals surface area contributed by atoms with Crippen molar-refractivity contribution in [3.63, 3.8) is 0 Å². The maximum atomic E-state index is 16.8. The van der Waals surface area contributed by atoms with Gasteiger partial charge in [-0.1, -0.05) is 25.1 Å². The summed E-state index contributed by atoms with van der Waals surface area (Å²) in [5.41, 5.74) is 1.43. The van der Waals surface area contributed by atoms with Gasteiger partial charge in [-0.15, -0.1) is 0 Å². The number of benzene rings is 2. The summed E-state index contributed by atoms with van der Waals surface area (Å²) in [6.45, 7) is 14.6. The second-order valence-electron chi connectivity index (χ2n) is 14.9. The molecule has 50 heavy (non-hydrogen) atoms. The fourth-order valence-electron chi connectivity index (χ4n) is 6.40. The van der Waals surface area contributed by atoms with Gasteiger partial charge in [0.2, 0.25) is 5.91 Å². The van der Waals surface area contributed by atoms with E-state index < -0.39 is 41.0 Å². The third-order valence-corrected chi connectivity index (χ3v) is 8.44. The Bertz CT molecular complexity index is 2080. The van der Waals surface area contributed by atoms with Crippen LogP contribution in [-0.4, -0.2) is 51.7 Å². The molecule has 0 radical (unpaired) electrons. The van der Waals surface area contributed by atoms with Gasteiger partial charge in [-0.05, 0) is 95.5 Å². The largest absolute Gasteiger partial charge is 0.444 e. The number of nitrogens with one attached hydrogen (secondary N) is 1. The van der Waals surface area contributed by atoms with Gasteiger partial charge in [0, 0.05) is 41.0 Å². The second-order valence-corrected chi connectivity index (χ2v) is 14.9. The Balaban J connectivity index is 1.52. The molecule has 0 aliphatic carbocycles. The van der Waals surface area contributed by atoms with Crippen molar-refractivity contribution in [1.29, 1.82) is 0 Å². The quantitative estimate of drug-likeness (QED) is 0.217. The van der Waals surface area contributed by atoms with Gasteiger partial charge in [0.15, 0.2) is 5.82 Å². The standard InChI is InChI=1S/C38H40FN5O6/c1-20-13-28-33(43(19-20)36(48)50-38(6,7)8)21(2)26(17-40-28)25-14-23-15-29(44-30(45)16-22-11-9-10-12-24(22)34(44)46)41-18-27(23)32(31(25)39)42-35(47)49-37(3,4)5/h9-12,14-15,17-18,20H,13,16,19H2,1-8H3,(H,42,47). The molecule has 11 nitrogen and oxygen atoms in total. The zero-order chi connectivity index (χ0) is 36.3. The molecule has 1 N–H and O–H groups in total. The Morgan fingerprint density at radius 3 is 2.34 bits per heavy atom. The molecule has 12 heteroatoms. The molecule has 0 saturated carbocycles. The fraction of sp³-hybridized carbons (Fsp3) is 0.368. The Hall–Kier alpha value is -5.39. The summed E-state index contributed by atoms with van der Waals surface area (Å²) in [7, 11) is 0. The van der Waals surface area contributed by atoms with Crippen LogP contribution in [0.3, 0.4) is 0 Å². The van der Waals surface area contributed by atoms with Crippen LogP contribution < -0.4 is 15.1 Å². The van der Waals surface area contributed by atoms with Gasteiger partial charge in [-0.3, -0.25) is 24.8 Å². The lowest BCUT2D eigenvalue weighted by Crippen LogP contribution is -2.43. The lowest BCUT2D eigenvalue weighted by atomic mass is 9.91. The predicted molar refractivity (Wildman–Crippen MR) is 188 cm³/mol. The van der Waals surface area contributed by atoms with E-state index >= 15 is 4.39 Å². The van der Waals surface area contributed by atoms with E-state index in [2.05, 4.69) is 10.3 Å². The topological polar surface area (TPSA) is 131 Å². The van der Waals surface area contributed by atoms with Crippen LogP contribution in [-0.2, 0) is 27.1 Å². The van der Waals surface area contributed by atoms with Crippen molar-refractivity contribution in [2.45, 2.75) is 79.4 Å². The highest BCUT2D eigenvalue weighted by Crippen LogP contribution is 2.42. The number of carbonyl (C=O) groups excluding carboxylic acids is 4. The molecule has 0 saturated heterocycles. The van der Waals surface area contributed by atoms with E-state index in [-0.39, 0.29) is 34.8 Å². The molecular formula is C38H40FN5O6. The average molecular weight is 682 g/mol. The number of halogens is 1. The smallest absolute Gasteiger partial charge is 0.414 e. The van der Waals surface area contributed by atoms with Gasteiger partial charge in [0.05, 0.1) is 23.5 Å². The minimum Gasteiger partial charge on any atom is -0.444 e. The average Bonchev–Trinajstić information content (AvgIpc) is 3.00. The van der Waals surface area contributed by atoms with Gasteiger partial charge in [-0.25, -0.2) is 23.9 Å². The lowest BCUT2D eigenvalue weighted by molar-refractivity contribution is -0.117. The van der Waals surface area contributed by atoms with Crippen LogP contribution in [0.5, 0.6) is 0 Å². The summed E-state index contributed by atoms with van der Waals surface area (Å²) in [5.74, 6) is -1.61. The molecule has 2 aliphatic rings. The molecule has 4 amide bonds. The molecule has 6 rings (SSSR count). The first-order valence-corrected chi connectivity index (χ1v) is 16.5. The molecule has 2 aliphatic heterocycles. The Morgan fingerprint density at radius 2 is 1.64 bits per heavy atom. The van der Waals surface area contributed by atoms with Gasteiger partial charge in [0.25, 0.3) is 5.91 Å². The summed E-state index contributed by atoms with van der Waals surface area (Å²) in [5, 5.41) is 3.16. The number of carbonyl (C=O) groups is 4. The molecule has 1 atom stereocenters. The highest BCUT2D eigenvalue weighted by Gasteiger charge is 2.35. The maximum Gasteiger partial charge on any atom is 0.414 e. The number of amides is 4. The molecule has 0 fully saturated rings. The molecule has 260 valence electrons. The van der Waals surface area contributed by atoms with Crippen molar-refractivity contribution in [2.24, 2.45) is 5.92 Å². The van der Waals surface area contributed by atoms with Crippen LogP contribution in [0.25, 0.3) is 21.9 Å². The first-order valence-electron chi connectivity index (χ1n) is 16.5. The van der Waals surface area contributed by atoms with Gasteiger partial charge in [0.1, 0.15) is 17.0 Å². The number of nitrogens with zero attached hydrogens (tertiary/aromatic N) is 4. The zero-order valence-electron chi connectivity index (χ0n) is 29.4. The highest BCUT2D eigenvalue weighted by molar-refractivity contribution is 6.24. The second kappa shape index (κ2) is 12.5. The van der Waals surface area contributed by atoms with Gasteiger partial charge < -0.3 is 9.47 Å². The first-order chi connectivity index (χ1) is 23.4. The fourth-order valence-corrected chi connectivity index (χ4v) is 6.40. The van der Waals surface area contributed by atoms with E-state index in [4.69, 9.17) is 14.5 Å². The molecule has 1 unspecified atom stereocenters.